The van der Waals surface area contributed by atoms with Crippen LogP contribution in [0.25, 0.3) is 0 Å². The summed E-state index contributed by atoms with van der Waals surface area (Å²) in [6.07, 6.45) is 0. The second kappa shape index (κ2) is 6.67. The van der Waals surface area contributed by atoms with Gasteiger partial charge in [0.25, 0.3) is 0 Å². The molecule has 2 rings (SSSR count). The van der Waals surface area contributed by atoms with Gasteiger partial charge in [0.15, 0.2) is 0 Å². The fourth-order valence-corrected chi connectivity index (χ4v) is 2.58. The average molecular weight is 305 g/mol. The molecule has 21 heavy (non-hydrogen) atoms. The Labute approximate surface area is 128 Å². The number of carbonyl (C=O) groups excluding carboxylic acids is 1. The lowest BCUT2D eigenvalue weighted by molar-refractivity contribution is -0.113. The monoisotopic (exact) mass is 305 g/mol. The number of nitrogens with two attached hydrogens (primary N) is 1. The maximum absolute atomic E-state index is 11.9. The van der Waals surface area contributed by atoms with E-state index in [1.165, 1.54) is 11.8 Å². The van der Waals surface area contributed by atoms with E-state index < -0.39 is 0 Å². The van der Waals surface area contributed by atoms with Gasteiger partial charge in [-0.1, -0.05) is 19.0 Å². The van der Waals surface area contributed by atoms with Gasteiger partial charge in [0, 0.05) is 16.6 Å². The van der Waals surface area contributed by atoms with Crippen molar-refractivity contribution < 1.29 is 9.32 Å². The number of aromatic nitrogens is 1. The van der Waals surface area contributed by atoms with Crippen LogP contribution in [0.4, 0.5) is 11.6 Å². The van der Waals surface area contributed by atoms with Crippen molar-refractivity contribution in [2.75, 3.05) is 16.8 Å². The summed E-state index contributed by atoms with van der Waals surface area (Å²) < 4.78 is 5.08. The van der Waals surface area contributed by atoms with Crippen molar-refractivity contribution in [3.8, 4) is 0 Å². The van der Waals surface area contributed by atoms with Crippen LogP contribution in [0.5, 0.6) is 0 Å². The molecule has 0 atom stereocenters. The predicted octanol–water partition coefficient (Wildman–Crippen LogP) is 3.42. The molecule has 0 radical (unpaired) electrons. The van der Waals surface area contributed by atoms with E-state index in [1.807, 2.05) is 39.0 Å². The molecule has 5 nitrogen and oxygen atoms in total. The van der Waals surface area contributed by atoms with Crippen molar-refractivity contribution >= 4 is 29.2 Å². The molecule has 0 bridgehead atoms. The molecule has 3 N–H and O–H groups in total. The Morgan fingerprint density at radius 3 is 2.81 bits per heavy atom. The molecule has 1 aromatic carbocycles. The number of benzene rings is 1. The quantitative estimate of drug-likeness (QED) is 0.653. The molecular weight excluding hydrogens is 286 g/mol. The number of hydrogen-bond acceptors (Lipinski definition) is 5. The number of hydrogen-bond donors (Lipinski definition) is 2. The first kappa shape index (κ1) is 15.4. The third-order valence-corrected chi connectivity index (χ3v) is 4.12. The summed E-state index contributed by atoms with van der Waals surface area (Å²) >= 11 is 1.47. The first-order valence-electron chi connectivity index (χ1n) is 6.71. The van der Waals surface area contributed by atoms with Crippen LogP contribution in [0, 0.1) is 6.92 Å². The van der Waals surface area contributed by atoms with E-state index in [0.717, 1.165) is 21.8 Å². The van der Waals surface area contributed by atoms with Crippen molar-refractivity contribution in [1.29, 1.82) is 0 Å². The van der Waals surface area contributed by atoms with Gasteiger partial charge in [-0.25, -0.2) is 0 Å². The number of aryl methyl sites for hydroxylation is 1. The Balaban J connectivity index is 1.89. The van der Waals surface area contributed by atoms with Gasteiger partial charge < -0.3 is 10.3 Å². The van der Waals surface area contributed by atoms with Gasteiger partial charge in [0.05, 0.1) is 11.4 Å². The highest BCUT2D eigenvalue weighted by molar-refractivity contribution is 8.00. The zero-order valence-corrected chi connectivity index (χ0v) is 13.2. The van der Waals surface area contributed by atoms with E-state index in [2.05, 4.69) is 10.5 Å². The molecule has 0 saturated heterocycles. The van der Waals surface area contributed by atoms with Gasteiger partial charge in [-0.15, -0.1) is 11.8 Å². The number of nitrogen functional groups attached to an aromatic ring is 1. The van der Waals surface area contributed by atoms with E-state index in [4.69, 9.17) is 10.3 Å². The highest BCUT2D eigenvalue weighted by atomic mass is 32.2. The fraction of sp³-hybridized carbons (Fsp3) is 0.333. The molecule has 0 aliphatic heterocycles. The molecule has 6 heteroatoms. The second-order valence-electron chi connectivity index (χ2n) is 5.13. The molecule has 1 amide bonds. The largest absolute Gasteiger partial charge is 0.399 e. The lowest BCUT2D eigenvalue weighted by Crippen LogP contribution is -2.13. The molecular formula is C15H19N3O2S. The number of anilines is 2. The summed E-state index contributed by atoms with van der Waals surface area (Å²) in [7, 11) is 0. The first-order chi connectivity index (χ1) is 9.95. The standard InChI is InChI=1S/C15H19N3O2S/c1-9(2)12-7-15(20-18-12)17-14(19)8-21-13-5-4-11(16)6-10(13)3/h4-7,9H,8,16H2,1-3H3,(H,17,19). The van der Waals surface area contributed by atoms with E-state index in [1.54, 1.807) is 6.07 Å². The van der Waals surface area contributed by atoms with Crippen LogP contribution in [0.15, 0.2) is 33.7 Å². The molecule has 0 unspecified atom stereocenters. The third kappa shape index (κ3) is 4.26. The van der Waals surface area contributed by atoms with Crippen LogP contribution in [-0.2, 0) is 4.79 Å². The van der Waals surface area contributed by atoms with Crippen LogP contribution in [0.2, 0.25) is 0 Å². The molecule has 0 saturated carbocycles. The Morgan fingerprint density at radius 2 is 2.19 bits per heavy atom. The number of thioether (sulfide) groups is 1. The summed E-state index contributed by atoms with van der Waals surface area (Å²) in [5.41, 5.74) is 8.32. The van der Waals surface area contributed by atoms with E-state index in [9.17, 15) is 4.79 Å². The summed E-state index contributed by atoms with van der Waals surface area (Å²) in [5.74, 6) is 0.842. The normalized spacial score (nSPS) is 10.9. The number of amides is 1. The topological polar surface area (TPSA) is 81.2 Å². The van der Waals surface area contributed by atoms with Gasteiger partial charge in [-0.3, -0.25) is 10.1 Å². The fourth-order valence-electron chi connectivity index (χ4n) is 1.77. The highest BCUT2D eigenvalue weighted by Gasteiger charge is 2.11. The molecule has 112 valence electrons. The maximum atomic E-state index is 11.9. The lowest BCUT2D eigenvalue weighted by Gasteiger charge is -2.06. The number of nitrogens with one attached hydrogen (secondary N) is 1. The van der Waals surface area contributed by atoms with Gasteiger partial charge >= 0.3 is 0 Å². The summed E-state index contributed by atoms with van der Waals surface area (Å²) in [5, 5.41) is 6.61. The van der Waals surface area contributed by atoms with Gasteiger partial charge in [0.2, 0.25) is 11.8 Å². The van der Waals surface area contributed by atoms with Crippen molar-refractivity contribution in [2.24, 2.45) is 0 Å². The van der Waals surface area contributed by atoms with Gasteiger partial charge in [-0.2, -0.15) is 0 Å². The van der Waals surface area contributed by atoms with Crippen molar-refractivity contribution in [2.45, 2.75) is 31.6 Å². The Bertz CT molecular complexity index is 638. The minimum Gasteiger partial charge on any atom is -0.399 e. The predicted molar refractivity (Wildman–Crippen MR) is 85.5 cm³/mol. The number of carbonyl (C=O) groups is 1. The zero-order valence-electron chi connectivity index (χ0n) is 12.3. The SMILES string of the molecule is Cc1cc(N)ccc1SCC(=O)Nc1cc(C(C)C)no1. The number of nitrogens with zero attached hydrogens (tertiary/aromatic N) is 1. The van der Waals surface area contributed by atoms with Crippen LogP contribution in [0.1, 0.15) is 31.0 Å². The second-order valence-corrected chi connectivity index (χ2v) is 6.15. The minimum absolute atomic E-state index is 0.123. The van der Waals surface area contributed by atoms with Crippen LogP contribution in [-0.4, -0.2) is 16.8 Å². The van der Waals surface area contributed by atoms with Crippen LogP contribution in [0.3, 0.4) is 0 Å². The third-order valence-electron chi connectivity index (χ3n) is 2.94. The number of rotatable bonds is 5. The molecule has 2 aromatic rings. The first-order valence-corrected chi connectivity index (χ1v) is 7.69. The zero-order chi connectivity index (χ0) is 15.4. The average Bonchev–Trinajstić information content (AvgIpc) is 2.86. The van der Waals surface area contributed by atoms with E-state index in [0.29, 0.717) is 11.6 Å². The molecule has 0 aliphatic carbocycles. The van der Waals surface area contributed by atoms with Crippen LogP contribution >= 0.6 is 11.8 Å². The molecule has 1 heterocycles. The highest BCUT2D eigenvalue weighted by Crippen LogP contribution is 2.24. The Hall–Kier alpha value is -1.95. The maximum Gasteiger partial charge on any atom is 0.237 e. The van der Waals surface area contributed by atoms with Gasteiger partial charge in [0.1, 0.15) is 0 Å². The van der Waals surface area contributed by atoms with Crippen molar-refractivity contribution in [1.82, 2.24) is 5.16 Å². The molecule has 1 aromatic heterocycles. The van der Waals surface area contributed by atoms with Gasteiger partial charge in [-0.05, 0) is 36.6 Å². The van der Waals surface area contributed by atoms with Crippen molar-refractivity contribution in [3.05, 3.63) is 35.5 Å². The lowest BCUT2D eigenvalue weighted by atomic mass is 10.1. The molecule has 0 fully saturated rings. The minimum atomic E-state index is -0.123. The Morgan fingerprint density at radius 1 is 1.43 bits per heavy atom. The summed E-state index contributed by atoms with van der Waals surface area (Å²) in [4.78, 5) is 12.9. The van der Waals surface area contributed by atoms with Crippen LogP contribution < -0.4 is 11.1 Å². The Kier molecular flexibility index (Phi) is 4.90. The molecule has 0 spiro atoms. The van der Waals surface area contributed by atoms with Crippen molar-refractivity contribution in [3.63, 3.8) is 0 Å². The van der Waals surface area contributed by atoms with E-state index in [-0.39, 0.29) is 11.8 Å². The summed E-state index contributed by atoms with van der Waals surface area (Å²) in [6.45, 7) is 6.01. The van der Waals surface area contributed by atoms with E-state index >= 15 is 0 Å². The summed E-state index contributed by atoms with van der Waals surface area (Å²) in [6, 6.07) is 7.40. The smallest absolute Gasteiger partial charge is 0.237 e. The molecule has 0 aliphatic rings.